The van der Waals surface area contributed by atoms with Crippen LogP contribution >= 0.6 is 0 Å². The summed E-state index contributed by atoms with van der Waals surface area (Å²) in [6.07, 6.45) is 3.54. The van der Waals surface area contributed by atoms with E-state index in [2.05, 4.69) is 14.9 Å². The van der Waals surface area contributed by atoms with Crippen LogP contribution in [0, 0.1) is 5.82 Å². The topological polar surface area (TPSA) is 84.6 Å². The van der Waals surface area contributed by atoms with Crippen molar-refractivity contribution in [1.82, 2.24) is 14.9 Å². The van der Waals surface area contributed by atoms with Gasteiger partial charge in [-0.3, -0.25) is 4.79 Å². The lowest BCUT2D eigenvalue weighted by atomic mass is 10.1. The van der Waals surface area contributed by atoms with E-state index in [-0.39, 0.29) is 17.6 Å². The number of likely N-dealkylation sites (tertiary alicyclic amines) is 1. The summed E-state index contributed by atoms with van der Waals surface area (Å²) in [7, 11) is 1.89. The number of nitrogens with zero attached hydrogens (tertiary/aromatic N) is 4. The van der Waals surface area contributed by atoms with E-state index in [1.807, 2.05) is 11.9 Å². The number of aromatic nitrogens is 2. The zero-order valence-electron chi connectivity index (χ0n) is 15.3. The van der Waals surface area contributed by atoms with Crippen LogP contribution < -0.4 is 15.4 Å². The Hall–Kier alpha value is -2.74. The molecule has 1 amide bonds. The average molecular weight is 373 g/mol. The first-order valence-electron chi connectivity index (χ1n) is 9.00. The van der Waals surface area contributed by atoms with Crippen molar-refractivity contribution in [3.63, 3.8) is 0 Å². The third-order valence-electron chi connectivity index (χ3n) is 4.64. The van der Waals surface area contributed by atoms with Crippen LogP contribution in [-0.2, 0) is 0 Å². The number of amides is 1. The fraction of sp³-hybridized carbons (Fsp3) is 0.421. The number of halogens is 1. The number of piperidine rings is 1. The molecule has 2 aromatic rings. The van der Waals surface area contributed by atoms with Crippen molar-refractivity contribution in [3.8, 4) is 5.75 Å². The molecule has 0 unspecified atom stereocenters. The van der Waals surface area contributed by atoms with Crippen LogP contribution in [0.3, 0.4) is 0 Å². The lowest BCUT2D eigenvalue weighted by Crippen LogP contribution is -2.42. The Morgan fingerprint density at radius 3 is 2.67 bits per heavy atom. The highest BCUT2D eigenvalue weighted by atomic mass is 19.1. The van der Waals surface area contributed by atoms with Crippen molar-refractivity contribution >= 4 is 11.9 Å². The lowest BCUT2D eigenvalue weighted by molar-refractivity contribution is 0.0995. The van der Waals surface area contributed by atoms with Crippen LogP contribution in [0.1, 0.15) is 23.3 Å². The molecule has 1 aliphatic rings. The van der Waals surface area contributed by atoms with E-state index in [0.29, 0.717) is 11.7 Å². The number of carbonyl (C=O) groups is 1. The summed E-state index contributed by atoms with van der Waals surface area (Å²) in [6.45, 7) is 3.47. The van der Waals surface area contributed by atoms with Gasteiger partial charge in [-0.1, -0.05) is 0 Å². The molecule has 1 saturated heterocycles. The number of anilines is 1. The fourth-order valence-electron chi connectivity index (χ4n) is 3.02. The summed E-state index contributed by atoms with van der Waals surface area (Å²) >= 11 is 0. The van der Waals surface area contributed by atoms with Crippen molar-refractivity contribution in [3.05, 3.63) is 48.0 Å². The molecular formula is C19H24FN5O2. The van der Waals surface area contributed by atoms with Gasteiger partial charge in [0, 0.05) is 39.4 Å². The monoisotopic (exact) mass is 373 g/mol. The molecule has 27 heavy (non-hydrogen) atoms. The van der Waals surface area contributed by atoms with Crippen molar-refractivity contribution in [2.45, 2.75) is 18.9 Å². The summed E-state index contributed by atoms with van der Waals surface area (Å²) in [5.41, 5.74) is 5.48. The Labute approximate surface area is 158 Å². The molecule has 0 radical (unpaired) electrons. The molecule has 8 heteroatoms. The summed E-state index contributed by atoms with van der Waals surface area (Å²) in [6, 6.07) is 7.66. The minimum absolute atomic E-state index is 0.153. The second-order valence-electron chi connectivity index (χ2n) is 6.64. The third-order valence-corrected chi connectivity index (χ3v) is 4.64. The molecule has 1 fully saturated rings. The van der Waals surface area contributed by atoms with Crippen molar-refractivity contribution in [2.75, 3.05) is 38.1 Å². The molecule has 3 rings (SSSR count). The van der Waals surface area contributed by atoms with Crippen molar-refractivity contribution in [2.24, 2.45) is 5.73 Å². The Kier molecular flexibility index (Phi) is 6.18. The number of hydrogen-bond acceptors (Lipinski definition) is 6. The van der Waals surface area contributed by atoms with Gasteiger partial charge in [0.2, 0.25) is 5.95 Å². The lowest BCUT2D eigenvalue weighted by Gasteiger charge is -2.33. The molecule has 1 aromatic carbocycles. The maximum Gasteiger partial charge on any atom is 0.267 e. The Morgan fingerprint density at radius 2 is 2.00 bits per heavy atom. The average Bonchev–Trinajstić information content (AvgIpc) is 2.69. The van der Waals surface area contributed by atoms with Crippen LogP contribution in [0.15, 0.2) is 36.5 Å². The van der Waals surface area contributed by atoms with E-state index in [0.717, 1.165) is 39.0 Å². The van der Waals surface area contributed by atoms with Crippen LogP contribution in [0.5, 0.6) is 5.75 Å². The van der Waals surface area contributed by atoms with Gasteiger partial charge in [-0.25, -0.2) is 14.4 Å². The SMILES string of the molecule is CN(CCN1CCC(Oc2ccc(F)cc2)CC1)c1nccc(C(N)=O)n1. The molecular weight excluding hydrogens is 349 g/mol. The van der Waals surface area contributed by atoms with E-state index in [4.69, 9.17) is 10.5 Å². The number of carbonyl (C=O) groups excluding carboxylic acids is 1. The van der Waals surface area contributed by atoms with Crippen LogP contribution in [0.25, 0.3) is 0 Å². The summed E-state index contributed by atoms with van der Waals surface area (Å²) < 4.78 is 18.9. The Balaban J connectivity index is 1.43. The predicted molar refractivity (Wildman–Crippen MR) is 100 cm³/mol. The fourth-order valence-corrected chi connectivity index (χ4v) is 3.02. The smallest absolute Gasteiger partial charge is 0.267 e. The summed E-state index contributed by atoms with van der Waals surface area (Å²) in [5.74, 6) is 0.379. The van der Waals surface area contributed by atoms with Gasteiger partial charge in [-0.05, 0) is 43.2 Å². The maximum atomic E-state index is 13.0. The van der Waals surface area contributed by atoms with Crippen LogP contribution in [0.2, 0.25) is 0 Å². The highest BCUT2D eigenvalue weighted by Gasteiger charge is 2.21. The maximum absolute atomic E-state index is 13.0. The first kappa shape index (κ1) is 19.0. The Morgan fingerprint density at radius 1 is 1.30 bits per heavy atom. The van der Waals surface area contributed by atoms with E-state index in [1.165, 1.54) is 24.4 Å². The van der Waals surface area contributed by atoms with Gasteiger partial charge in [0.25, 0.3) is 5.91 Å². The molecule has 1 aliphatic heterocycles. The van der Waals surface area contributed by atoms with Gasteiger partial charge in [-0.2, -0.15) is 0 Å². The van der Waals surface area contributed by atoms with Gasteiger partial charge in [0.05, 0.1) is 0 Å². The molecule has 144 valence electrons. The van der Waals surface area contributed by atoms with Crippen molar-refractivity contribution in [1.29, 1.82) is 0 Å². The zero-order valence-corrected chi connectivity index (χ0v) is 15.3. The highest BCUT2D eigenvalue weighted by Crippen LogP contribution is 2.19. The molecule has 7 nitrogen and oxygen atoms in total. The second-order valence-corrected chi connectivity index (χ2v) is 6.64. The minimum Gasteiger partial charge on any atom is -0.490 e. The van der Waals surface area contributed by atoms with Crippen LogP contribution in [-0.4, -0.2) is 60.1 Å². The van der Waals surface area contributed by atoms with Gasteiger partial charge in [0.1, 0.15) is 23.4 Å². The number of rotatable bonds is 7. The van der Waals surface area contributed by atoms with E-state index in [1.54, 1.807) is 12.1 Å². The van der Waals surface area contributed by atoms with Gasteiger partial charge in [-0.15, -0.1) is 0 Å². The highest BCUT2D eigenvalue weighted by molar-refractivity contribution is 5.90. The molecule has 0 bridgehead atoms. The largest absolute Gasteiger partial charge is 0.490 e. The van der Waals surface area contributed by atoms with E-state index < -0.39 is 5.91 Å². The minimum atomic E-state index is -0.560. The first-order valence-corrected chi connectivity index (χ1v) is 9.00. The van der Waals surface area contributed by atoms with Gasteiger partial charge in [0.15, 0.2) is 0 Å². The number of hydrogen-bond donors (Lipinski definition) is 1. The molecule has 0 saturated carbocycles. The van der Waals surface area contributed by atoms with E-state index in [9.17, 15) is 9.18 Å². The van der Waals surface area contributed by atoms with Crippen LogP contribution in [0.4, 0.5) is 10.3 Å². The number of likely N-dealkylation sites (N-methyl/N-ethyl adjacent to an activating group) is 1. The third kappa shape index (κ3) is 5.37. The number of ether oxygens (including phenoxy) is 1. The standard InChI is InChI=1S/C19H24FN5O2/c1-24(19-22-9-6-17(23-19)18(21)26)12-13-25-10-7-16(8-11-25)27-15-4-2-14(20)3-5-15/h2-6,9,16H,7-8,10-13H2,1H3,(H2,21,26). The van der Waals surface area contributed by atoms with Crippen molar-refractivity contribution < 1.29 is 13.9 Å². The Bertz CT molecular complexity index is 763. The number of primary amides is 1. The predicted octanol–water partition coefficient (Wildman–Crippen LogP) is 1.69. The van der Waals surface area contributed by atoms with Gasteiger partial charge < -0.3 is 20.3 Å². The molecule has 0 spiro atoms. The molecule has 1 aromatic heterocycles. The quantitative estimate of drug-likeness (QED) is 0.795. The summed E-state index contributed by atoms with van der Waals surface area (Å²) in [4.78, 5) is 23.9. The molecule has 0 aliphatic carbocycles. The second kappa shape index (κ2) is 8.77. The zero-order chi connectivity index (χ0) is 19.2. The normalized spacial score (nSPS) is 15.5. The molecule has 0 atom stereocenters. The number of benzene rings is 1. The molecule has 2 N–H and O–H groups in total. The first-order chi connectivity index (χ1) is 13.0. The molecule has 2 heterocycles. The van der Waals surface area contributed by atoms with E-state index >= 15 is 0 Å². The number of nitrogens with two attached hydrogens (primary N) is 1. The van der Waals surface area contributed by atoms with Gasteiger partial charge >= 0.3 is 0 Å². The summed E-state index contributed by atoms with van der Waals surface area (Å²) in [5, 5.41) is 0.